The molecule has 1 fully saturated rings. The predicted octanol–water partition coefficient (Wildman–Crippen LogP) is 0.169. The zero-order valence-corrected chi connectivity index (χ0v) is 14.9. The number of ether oxygens (including phenoxy) is 1. The zero-order valence-electron chi connectivity index (χ0n) is 14.9. The topological polar surface area (TPSA) is 93.4 Å². The molecule has 3 heterocycles. The highest BCUT2D eigenvalue weighted by Gasteiger charge is 2.26. The molecule has 1 amide bonds. The van der Waals surface area contributed by atoms with Gasteiger partial charge in [0.2, 0.25) is 5.91 Å². The molecule has 0 saturated carbocycles. The highest BCUT2D eigenvalue weighted by Crippen LogP contribution is 2.24. The number of likely N-dealkylation sites (tertiary alicyclic amines) is 1. The summed E-state index contributed by atoms with van der Waals surface area (Å²) in [7, 11) is 3.75. The summed E-state index contributed by atoms with van der Waals surface area (Å²) in [5, 5.41) is 3.93. The normalized spacial score (nSPS) is 17.0. The van der Waals surface area contributed by atoms with Crippen LogP contribution in [0.3, 0.4) is 0 Å². The maximum absolute atomic E-state index is 12.5. The molecule has 1 saturated heterocycles. The lowest BCUT2D eigenvalue weighted by Crippen LogP contribution is -2.46. The lowest BCUT2D eigenvalue weighted by molar-refractivity contribution is -0.134. The van der Waals surface area contributed by atoms with Gasteiger partial charge in [0.25, 0.3) is 11.4 Å². The van der Waals surface area contributed by atoms with Gasteiger partial charge in [-0.05, 0) is 18.9 Å². The standard InChI is InChI=1S/C17H22N6O3/c1-21(2)16-17(19-9-8-18-16)26-13-5-4-10-22(11-13)15(25)12-23-14(24)6-3-7-20-23/h3,6-9,13H,4-5,10-12H2,1-2H3/t13-/m0/s1. The van der Waals surface area contributed by atoms with E-state index in [2.05, 4.69) is 15.1 Å². The van der Waals surface area contributed by atoms with Crippen LogP contribution in [0.25, 0.3) is 0 Å². The first-order chi connectivity index (χ1) is 12.5. The minimum Gasteiger partial charge on any atom is -0.470 e. The number of rotatable bonds is 5. The minimum atomic E-state index is -0.291. The molecule has 0 aliphatic carbocycles. The van der Waals surface area contributed by atoms with Crippen molar-refractivity contribution >= 4 is 11.7 Å². The van der Waals surface area contributed by atoms with Crippen LogP contribution in [0, 0.1) is 0 Å². The summed E-state index contributed by atoms with van der Waals surface area (Å²) < 4.78 is 7.18. The third-order valence-corrected chi connectivity index (χ3v) is 4.15. The van der Waals surface area contributed by atoms with E-state index in [1.165, 1.54) is 16.9 Å². The lowest BCUT2D eigenvalue weighted by Gasteiger charge is -2.33. The molecule has 26 heavy (non-hydrogen) atoms. The number of carbonyl (C=O) groups excluding carboxylic acids is 1. The first kappa shape index (κ1) is 17.8. The van der Waals surface area contributed by atoms with Crippen LogP contribution >= 0.6 is 0 Å². The summed E-state index contributed by atoms with van der Waals surface area (Å²) in [6.07, 6.45) is 6.18. The van der Waals surface area contributed by atoms with Crippen molar-refractivity contribution in [3.05, 3.63) is 41.1 Å². The molecule has 1 aliphatic rings. The molecule has 9 heteroatoms. The average molecular weight is 358 g/mol. The second kappa shape index (κ2) is 7.94. The fourth-order valence-corrected chi connectivity index (χ4v) is 2.86. The van der Waals surface area contributed by atoms with Crippen molar-refractivity contribution in [1.82, 2.24) is 24.6 Å². The van der Waals surface area contributed by atoms with Gasteiger partial charge in [0, 0.05) is 45.3 Å². The van der Waals surface area contributed by atoms with E-state index in [-0.39, 0.29) is 24.1 Å². The zero-order chi connectivity index (χ0) is 18.5. The lowest BCUT2D eigenvalue weighted by atomic mass is 10.1. The molecule has 1 aliphatic heterocycles. The smallest absolute Gasteiger partial charge is 0.267 e. The van der Waals surface area contributed by atoms with E-state index < -0.39 is 0 Å². The molecule has 2 aromatic rings. The van der Waals surface area contributed by atoms with E-state index >= 15 is 0 Å². The maximum atomic E-state index is 12.5. The van der Waals surface area contributed by atoms with Gasteiger partial charge < -0.3 is 14.5 Å². The van der Waals surface area contributed by atoms with Gasteiger partial charge in [-0.2, -0.15) is 5.10 Å². The Hall–Kier alpha value is -2.97. The molecule has 0 bridgehead atoms. The van der Waals surface area contributed by atoms with E-state index in [1.807, 2.05) is 19.0 Å². The third kappa shape index (κ3) is 4.16. The Balaban J connectivity index is 1.65. The number of carbonyl (C=O) groups is 1. The maximum Gasteiger partial charge on any atom is 0.267 e. The van der Waals surface area contributed by atoms with E-state index in [0.717, 1.165) is 12.8 Å². The molecule has 1 atom stereocenters. The molecule has 0 N–H and O–H groups in total. The molecule has 0 spiro atoms. The summed E-state index contributed by atoms with van der Waals surface area (Å²) in [5.74, 6) is 0.958. The Bertz CT molecular complexity index is 822. The van der Waals surface area contributed by atoms with E-state index in [0.29, 0.717) is 24.8 Å². The molecule has 0 radical (unpaired) electrons. The SMILES string of the molecule is CN(C)c1nccnc1O[C@H]1CCCN(C(=O)Cn2ncccc2=O)C1. The minimum absolute atomic E-state index is 0.0690. The predicted molar refractivity (Wildman–Crippen MR) is 95.1 cm³/mol. The van der Waals surface area contributed by atoms with Crippen LogP contribution in [0.15, 0.2) is 35.5 Å². The van der Waals surface area contributed by atoms with Crippen molar-refractivity contribution in [2.24, 2.45) is 0 Å². The molecular weight excluding hydrogens is 336 g/mol. The summed E-state index contributed by atoms with van der Waals surface area (Å²) in [6, 6.07) is 2.94. The van der Waals surface area contributed by atoms with Crippen molar-refractivity contribution in [3.8, 4) is 5.88 Å². The Morgan fingerprint density at radius 3 is 2.88 bits per heavy atom. The van der Waals surface area contributed by atoms with E-state index in [1.54, 1.807) is 23.4 Å². The summed E-state index contributed by atoms with van der Waals surface area (Å²) in [6.45, 7) is 1.02. The van der Waals surface area contributed by atoms with E-state index in [9.17, 15) is 9.59 Å². The van der Waals surface area contributed by atoms with Crippen LogP contribution in [0.4, 0.5) is 5.82 Å². The van der Waals surface area contributed by atoms with Gasteiger partial charge in [-0.1, -0.05) is 0 Å². The van der Waals surface area contributed by atoms with Crippen LogP contribution in [0.2, 0.25) is 0 Å². The van der Waals surface area contributed by atoms with Gasteiger partial charge in [-0.3, -0.25) is 9.59 Å². The third-order valence-electron chi connectivity index (χ3n) is 4.15. The number of piperidine rings is 1. The molecule has 9 nitrogen and oxygen atoms in total. The summed E-state index contributed by atoms with van der Waals surface area (Å²) in [4.78, 5) is 36.3. The monoisotopic (exact) mass is 358 g/mol. The number of aromatic nitrogens is 4. The number of amides is 1. The summed E-state index contributed by atoms with van der Waals surface area (Å²) in [5.41, 5.74) is -0.291. The number of anilines is 1. The van der Waals surface area contributed by atoms with Crippen molar-refractivity contribution < 1.29 is 9.53 Å². The van der Waals surface area contributed by atoms with Gasteiger partial charge in [0.15, 0.2) is 5.82 Å². The van der Waals surface area contributed by atoms with Gasteiger partial charge >= 0.3 is 0 Å². The highest BCUT2D eigenvalue weighted by atomic mass is 16.5. The van der Waals surface area contributed by atoms with Crippen molar-refractivity contribution in [2.45, 2.75) is 25.5 Å². The van der Waals surface area contributed by atoms with Crippen LogP contribution in [-0.2, 0) is 11.3 Å². The Morgan fingerprint density at radius 2 is 2.12 bits per heavy atom. The Labute approximate surface area is 151 Å². The number of nitrogens with zero attached hydrogens (tertiary/aromatic N) is 6. The van der Waals surface area contributed by atoms with Crippen LogP contribution < -0.4 is 15.2 Å². The van der Waals surface area contributed by atoms with Crippen molar-refractivity contribution in [1.29, 1.82) is 0 Å². The Morgan fingerprint density at radius 1 is 1.31 bits per heavy atom. The first-order valence-electron chi connectivity index (χ1n) is 8.49. The fraction of sp³-hybridized carbons (Fsp3) is 0.471. The Kier molecular flexibility index (Phi) is 5.45. The molecule has 0 unspecified atom stereocenters. The highest BCUT2D eigenvalue weighted by molar-refractivity contribution is 5.76. The molecule has 3 rings (SSSR count). The van der Waals surface area contributed by atoms with Gasteiger partial charge in [0.05, 0.1) is 6.54 Å². The molecule has 0 aromatic carbocycles. The number of hydrogen-bond acceptors (Lipinski definition) is 7. The van der Waals surface area contributed by atoms with Gasteiger partial charge in [-0.15, -0.1) is 0 Å². The summed E-state index contributed by atoms with van der Waals surface area (Å²) >= 11 is 0. The molecule has 2 aromatic heterocycles. The van der Waals surface area contributed by atoms with Crippen molar-refractivity contribution in [2.75, 3.05) is 32.1 Å². The second-order valence-corrected chi connectivity index (χ2v) is 6.32. The quantitative estimate of drug-likeness (QED) is 0.752. The van der Waals surface area contributed by atoms with Gasteiger partial charge in [0.1, 0.15) is 12.6 Å². The average Bonchev–Trinajstić information content (AvgIpc) is 2.64. The fourth-order valence-electron chi connectivity index (χ4n) is 2.86. The van der Waals surface area contributed by atoms with Crippen LogP contribution in [0.1, 0.15) is 12.8 Å². The van der Waals surface area contributed by atoms with Crippen LogP contribution in [-0.4, -0.2) is 63.8 Å². The van der Waals surface area contributed by atoms with Gasteiger partial charge in [-0.25, -0.2) is 14.6 Å². The molecular formula is C17H22N6O3. The van der Waals surface area contributed by atoms with Crippen molar-refractivity contribution in [3.63, 3.8) is 0 Å². The number of hydrogen-bond donors (Lipinski definition) is 0. The second-order valence-electron chi connectivity index (χ2n) is 6.32. The largest absolute Gasteiger partial charge is 0.470 e. The molecule has 138 valence electrons. The first-order valence-corrected chi connectivity index (χ1v) is 8.49. The van der Waals surface area contributed by atoms with Crippen LogP contribution in [0.5, 0.6) is 5.88 Å². The van der Waals surface area contributed by atoms with E-state index in [4.69, 9.17) is 4.74 Å².